The van der Waals surface area contributed by atoms with E-state index in [2.05, 4.69) is 44.9 Å². The summed E-state index contributed by atoms with van der Waals surface area (Å²) in [7, 11) is 3.28. The molecule has 0 amide bonds. The van der Waals surface area contributed by atoms with Crippen LogP contribution in [0.15, 0.2) is 58.1 Å². The molecule has 0 spiro atoms. The van der Waals surface area contributed by atoms with Crippen molar-refractivity contribution in [2.45, 2.75) is 19.5 Å². The van der Waals surface area contributed by atoms with Crippen LogP contribution in [-0.4, -0.2) is 52.0 Å². The Morgan fingerprint density at radius 3 is 2.67 bits per heavy atom. The van der Waals surface area contributed by atoms with Crippen molar-refractivity contribution in [3.8, 4) is 5.75 Å². The SMILES string of the molecule is COc1cccc(Cn2c(=O)c3c(nc(N4CCCNCC4)n3Cc3ccccc3I)n(C)c2=O)c1. The molecule has 188 valence electrons. The third-order valence-corrected chi connectivity index (χ3v) is 7.65. The van der Waals surface area contributed by atoms with Gasteiger partial charge >= 0.3 is 5.69 Å². The Morgan fingerprint density at radius 2 is 1.86 bits per heavy atom. The monoisotopic (exact) mass is 600 g/mol. The van der Waals surface area contributed by atoms with Crippen molar-refractivity contribution in [3.05, 3.63) is 84.1 Å². The van der Waals surface area contributed by atoms with Crippen LogP contribution in [0.1, 0.15) is 17.5 Å². The highest BCUT2D eigenvalue weighted by molar-refractivity contribution is 14.1. The predicted molar refractivity (Wildman–Crippen MR) is 149 cm³/mol. The molecule has 0 unspecified atom stereocenters. The van der Waals surface area contributed by atoms with E-state index in [4.69, 9.17) is 9.72 Å². The number of halogens is 1. The fourth-order valence-electron chi connectivity index (χ4n) is 4.69. The average Bonchev–Trinajstić information content (AvgIpc) is 3.06. The zero-order valence-corrected chi connectivity index (χ0v) is 22.6. The number of anilines is 1. The number of hydrogen-bond donors (Lipinski definition) is 1. The summed E-state index contributed by atoms with van der Waals surface area (Å²) < 4.78 is 11.2. The maximum absolute atomic E-state index is 13.9. The molecule has 5 rings (SSSR count). The first-order valence-electron chi connectivity index (χ1n) is 12.0. The second-order valence-corrected chi connectivity index (χ2v) is 10.1. The van der Waals surface area contributed by atoms with E-state index < -0.39 is 5.69 Å². The second-order valence-electron chi connectivity index (χ2n) is 8.94. The molecule has 1 aliphatic heterocycles. The summed E-state index contributed by atoms with van der Waals surface area (Å²) in [5.74, 6) is 1.40. The van der Waals surface area contributed by atoms with Gasteiger partial charge in [0.2, 0.25) is 5.95 Å². The second kappa shape index (κ2) is 10.5. The fourth-order valence-corrected chi connectivity index (χ4v) is 5.24. The van der Waals surface area contributed by atoms with Gasteiger partial charge in [0.1, 0.15) is 5.75 Å². The van der Waals surface area contributed by atoms with E-state index in [1.54, 1.807) is 14.2 Å². The van der Waals surface area contributed by atoms with Crippen molar-refractivity contribution >= 4 is 39.7 Å². The van der Waals surface area contributed by atoms with Gasteiger partial charge in [-0.2, -0.15) is 4.98 Å². The Bertz CT molecular complexity index is 1510. The highest BCUT2D eigenvalue weighted by Crippen LogP contribution is 2.24. The molecule has 2 aromatic carbocycles. The van der Waals surface area contributed by atoms with Gasteiger partial charge in [0, 0.05) is 30.3 Å². The lowest BCUT2D eigenvalue weighted by Gasteiger charge is -2.22. The number of ether oxygens (including phenoxy) is 1. The molecule has 1 aliphatic rings. The molecule has 36 heavy (non-hydrogen) atoms. The van der Waals surface area contributed by atoms with Crippen LogP contribution >= 0.6 is 22.6 Å². The van der Waals surface area contributed by atoms with Crippen molar-refractivity contribution in [1.82, 2.24) is 24.0 Å². The van der Waals surface area contributed by atoms with Gasteiger partial charge in [-0.3, -0.25) is 18.5 Å². The summed E-state index contributed by atoms with van der Waals surface area (Å²) in [5, 5.41) is 3.43. The van der Waals surface area contributed by atoms with Crippen molar-refractivity contribution in [3.63, 3.8) is 0 Å². The minimum absolute atomic E-state index is 0.148. The minimum Gasteiger partial charge on any atom is -0.497 e. The number of imidazole rings is 1. The number of hydrogen-bond acceptors (Lipinski definition) is 6. The normalized spacial score (nSPS) is 14.2. The maximum Gasteiger partial charge on any atom is 0.332 e. The Balaban J connectivity index is 1.71. The largest absolute Gasteiger partial charge is 0.497 e. The van der Waals surface area contributed by atoms with E-state index in [0.717, 1.165) is 53.2 Å². The number of aryl methyl sites for hydroxylation is 1. The molecular weight excluding hydrogens is 571 g/mol. The number of nitrogens with one attached hydrogen (secondary N) is 1. The van der Waals surface area contributed by atoms with Crippen molar-refractivity contribution in [2.24, 2.45) is 7.05 Å². The molecule has 10 heteroatoms. The lowest BCUT2D eigenvalue weighted by molar-refractivity contribution is 0.414. The van der Waals surface area contributed by atoms with Crippen molar-refractivity contribution < 1.29 is 4.74 Å². The van der Waals surface area contributed by atoms with Crippen LogP contribution in [0.25, 0.3) is 11.2 Å². The van der Waals surface area contributed by atoms with Crippen LogP contribution in [0, 0.1) is 3.57 Å². The van der Waals surface area contributed by atoms with Crippen LogP contribution in [0.2, 0.25) is 0 Å². The smallest absolute Gasteiger partial charge is 0.332 e. The number of methoxy groups -OCH3 is 1. The van der Waals surface area contributed by atoms with Crippen molar-refractivity contribution in [1.29, 1.82) is 0 Å². The van der Waals surface area contributed by atoms with Gasteiger partial charge in [-0.15, -0.1) is 0 Å². The van der Waals surface area contributed by atoms with Gasteiger partial charge in [-0.1, -0.05) is 30.3 Å². The van der Waals surface area contributed by atoms with Crippen LogP contribution in [-0.2, 0) is 20.1 Å². The van der Waals surface area contributed by atoms with E-state index in [-0.39, 0.29) is 12.1 Å². The summed E-state index contributed by atoms with van der Waals surface area (Å²) in [6, 6.07) is 15.6. The van der Waals surface area contributed by atoms with Gasteiger partial charge in [0.05, 0.1) is 20.2 Å². The third-order valence-electron chi connectivity index (χ3n) is 6.60. The molecule has 1 fully saturated rings. The van der Waals surface area contributed by atoms with Gasteiger partial charge < -0.3 is 15.0 Å². The Hall–Kier alpha value is -3.12. The lowest BCUT2D eigenvalue weighted by atomic mass is 10.2. The van der Waals surface area contributed by atoms with Gasteiger partial charge in [-0.25, -0.2) is 4.79 Å². The van der Waals surface area contributed by atoms with Crippen LogP contribution in [0.5, 0.6) is 5.75 Å². The number of nitrogens with zero attached hydrogens (tertiary/aromatic N) is 5. The molecule has 0 atom stereocenters. The first kappa shape index (κ1) is 24.6. The van der Waals surface area contributed by atoms with E-state index >= 15 is 0 Å². The van der Waals surface area contributed by atoms with Crippen LogP contribution in [0.4, 0.5) is 5.95 Å². The molecule has 0 radical (unpaired) electrons. The molecule has 0 aliphatic carbocycles. The quantitative estimate of drug-likeness (QED) is 0.343. The molecule has 0 saturated carbocycles. The van der Waals surface area contributed by atoms with Crippen molar-refractivity contribution in [2.75, 3.05) is 38.2 Å². The molecule has 0 bridgehead atoms. The van der Waals surface area contributed by atoms with E-state index in [0.29, 0.717) is 23.5 Å². The molecule has 4 aromatic rings. The van der Waals surface area contributed by atoms with Gasteiger partial charge in [0.15, 0.2) is 11.2 Å². The summed E-state index contributed by atoms with van der Waals surface area (Å²) in [6.07, 6.45) is 0.977. The molecule has 2 aromatic heterocycles. The van der Waals surface area contributed by atoms with E-state index in [9.17, 15) is 9.59 Å². The Labute approximate surface area is 222 Å². The summed E-state index contributed by atoms with van der Waals surface area (Å²) in [4.78, 5) is 34.4. The molecule has 3 heterocycles. The van der Waals surface area contributed by atoms with Crippen LogP contribution in [0.3, 0.4) is 0 Å². The number of benzene rings is 2. The maximum atomic E-state index is 13.9. The third kappa shape index (κ3) is 4.66. The Kier molecular flexibility index (Phi) is 7.15. The number of rotatable bonds is 6. The number of aromatic nitrogens is 4. The Morgan fingerprint density at radius 1 is 1.03 bits per heavy atom. The molecule has 1 N–H and O–H groups in total. The first-order valence-corrected chi connectivity index (χ1v) is 13.1. The molecular formula is C26H29IN6O3. The van der Waals surface area contributed by atoms with E-state index in [1.165, 1.54) is 9.13 Å². The van der Waals surface area contributed by atoms with Crippen LogP contribution < -0.4 is 26.2 Å². The summed E-state index contributed by atoms with van der Waals surface area (Å²) in [5.41, 5.74) is 2.03. The minimum atomic E-state index is -0.390. The first-order chi connectivity index (χ1) is 17.5. The van der Waals surface area contributed by atoms with E-state index in [1.807, 2.05) is 41.0 Å². The highest BCUT2D eigenvalue weighted by atomic mass is 127. The zero-order valence-electron chi connectivity index (χ0n) is 20.4. The zero-order chi connectivity index (χ0) is 25.2. The predicted octanol–water partition coefficient (Wildman–Crippen LogP) is 2.41. The summed E-state index contributed by atoms with van der Waals surface area (Å²) in [6.45, 7) is 4.02. The standard InChI is InChI=1S/C26H29IN6O3/c1-30-23-22(24(34)33(26(30)35)16-18-7-5-9-20(15-18)36-2)32(17-19-8-3-4-10-21(19)27)25(29-23)31-13-6-11-28-12-14-31/h3-5,7-10,15,28H,6,11-14,16-17H2,1-2H3. The molecule has 9 nitrogen and oxygen atoms in total. The lowest BCUT2D eigenvalue weighted by Crippen LogP contribution is -2.40. The van der Waals surface area contributed by atoms with Gasteiger partial charge in [-0.05, 0) is 64.9 Å². The van der Waals surface area contributed by atoms with Gasteiger partial charge in [0.25, 0.3) is 5.56 Å². The summed E-state index contributed by atoms with van der Waals surface area (Å²) >= 11 is 2.32. The topological polar surface area (TPSA) is 86.3 Å². The number of fused-ring (bicyclic) bond motifs is 1. The average molecular weight is 600 g/mol. The fraction of sp³-hybridized carbons (Fsp3) is 0.346. The molecule has 1 saturated heterocycles. The highest BCUT2D eigenvalue weighted by Gasteiger charge is 2.24.